The fraction of sp³-hybridized carbons (Fsp3) is 0.538. The van der Waals surface area contributed by atoms with Gasteiger partial charge in [-0.15, -0.1) is 0 Å². The number of halogens is 1. The summed E-state index contributed by atoms with van der Waals surface area (Å²) >= 11 is 5.66. The maximum Gasteiger partial charge on any atom is 0.244 e. The van der Waals surface area contributed by atoms with E-state index in [1.165, 1.54) is 29.6 Å². The molecule has 0 spiro atoms. The second-order valence-corrected chi connectivity index (χ2v) is 7.04. The highest BCUT2D eigenvalue weighted by atomic mass is 35.5. The molecule has 0 unspecified atom stereocenters. The number of hydrogen-bond donors (Lipinski definition) is 1. The summed E-state index contributed by atoms with van der Waals surface area (Å²) < 4.78 is 26.3. The number of sulfonamides is 1. The van der Waals surface area contributed by atoms with Crippen LogP contribution in [0.25, 0.3) is 0 Å². The molecule has 1 aliphatic rings. The van der Waals surface area contributed by atoms with Crippen LogP contribution in [0.1, 0.15) is 27.2 Å². The Hall–Kier alpha value is -1.18. The van der Waals surface area contributed by atoms with E-state index < -0.39 is 10.0 Å². The van der Waals surface area contributed by atoms with Crippen molar-refractivity contribution in [3.63, 3.8) is 0 Å². The lowest BCUT2D eigenvalue weighted by molar-refractivity contribution is -0.119. The number of hydrogen-bond acceptors (Lipinski definition) is 4. The van der Waals surface area contributed by atoms with Gasteiger partial charge in [0.2, 0.25) is 15.9 Å². The second-order valence-electron chi connectivity index (χ2n) is 4.72. The molecule has 2 heterocycles. The summed E-state index contributed by atoms with van der Waals surface area (Å²) in [5.41, 5.74) is 0. The summed E-state index contributed by atoms with van der Waals surface area (Å²) in [7, 11) is -3.59. The van der Waals surface area contributed by atoms with Gasteiger partial charge in [0.15, 0.2) is 0 Å². The first kappa shape index (κ1) is 17.9. The highest BCUT2D eigenvalue weighted by Gasteiger charge is 2.30. The molecule has 1 fully saturated rings. The third-order valence-electron chi connectivity index (χ3n) is 3.13. The van der Waals surface area contributed by atoms with Crippen molar-refractivity contribution in [3.8, 4) is 0 Å². The van der Waals surface area contributed by atoms with Gasteiger partial charge in [-0.1, -0.05) is 19.0 Å². The Labute approximate surface area is 130 Å². The molecule has 0 aromatic carbocycles. The highest BCUT2D eigenvalue weighted by Crippen LogP contribution is 2.21. The fourth-order valence-electron chi connectivity index (χ4n) is 2.23. The van der Waals surface area contributed by atoms with E-state index in [9.17, 15) is 13.2 Å². The number of nitrogens with one attached hydrogen (secondary N) is 1. The molecule has 0 radical (unpaired) electrons. The molecular weight excluding hydrogens is 314 g/mol. The lowest BCUT2D eigenvalue weighted by Gasteiger charge is -2.32. The largest absolute Gasteiger partial charge is 0.352 e. The molecular formula is C13H20ClN3O3S. The van der Waals surface area contributed by atoms with E-state index in [0.717, 1.165) is 6.42 Å². The summed E-state index contributed by atoms with van der Waals surface area (Å²) in [5.74, 6) is -0.151. The number of piperidine rings is 1. The van der Waals surface area contributed by atoms with E-state index in [2.05, 4.69) is 10.3 Å². The number of aromatic nitrogens is 1. The van der Waals surface area contributed by atoms with E-state index in [4.69, 9.17) is 11.6 Å². The fourth-order valence-corrected chi connectivity index (χ4v) is 3.81. The highest BCUT2D eigenvalue weighted by molar-refractivity contribution is 7.89. The number of nitrogens with zero attached hydrogens (tertiary/aromatic N) is 2. The molecule has 0 bridgehead atoms. The van der Waals surface area contributed by atoms with Gasteiger partial charge in [-0.25, -0.2) is 13.4 Å². The lowest BCUT2D eigenvalue weighted by atomic mass is 10.1. The number of pyridine rings is 1. The quantitative estimate of drug-likeness (QED) is 0.853. The third kappa shape index (κ3) is 4.39. The van der Waals surface area contributed by atoms with Gasteiger partial charge in [0, 0.05) is 32.3 Å². The van der Waals surface area contributed by atoms with Crippen molar-refractivity contribution in [2.75, 3.05) is 13.1 Å². The zero-order valence-electron chi connectivity index (χ0n) is 11.0. The van der Waals surface area contributed by atoms with Gasteiger partial charge in [0.25, 0.3) is 0 Å². The van der Waals surface area contributed by atoms with E-state index in [0.29, 0.717) is 13.0 Å². The lowest BCUT2D eigenvalue weighted by Crippen LogP contribution is -2.49. The van der Waals surface area contributed by atoms with Crippen LogP contribution in [0, 0.1) is 0 Å². The first-order valence-corrected chi connectivity index (χ1v) is 8.10. The summed E-state index contributed by atoms with van der Waals surface area (Å²) in [5, 5.41) is 3.01. The van der Waals surface area contributed by atoms with Crippen LogP contribution in [0.2, 0.25) is 5.15 Å². The molecule has 2 rings (SSSR count). The maximum absolute atomic E-state index is 12.5. The van der Waals surface area contributed by atoms with Crippen LogP contribution < -0.4 is 5.32 Å². The zero-order valence-corrected chi connectivity index (χ0v) is 12.6. The molecule has 8 heteroatoms. The molecule has 0 saturated carbocycles. The topological polar surface area (TPSA) is 79.4 Å². The van der Waals surface area contributed by atoms with Crippen molar-refractivity contribution >= 4 is 27.5 Å². The van der Waals surface area contributed by atoms with Crippen LogP contribution in [0.5, 0.6) is 0 Å². The zero-order chi connectivity index (χ0) is 14.8. The van der Waals surface area contributed by atoms with Gasteiger partial charge in [-0.05, 0) is 25.0 Å². The number of carbonyl (C=O) groups is 1. The van der Waals surface area contributed by atoms with Gasteiger partial charge in [-0.3, -0.25) is 4.79 Å². The van der Waals surface area contributed by atoms with E-state index in [1.807, 2.05) is 0 Å². The summed E-state index contributed by atoms with van der Waals surface area (Å²) in [6.07, 6.45) is 2.75. The van der Waals surface area contributed by atoms with Crippen LogP contribution in [-0.4, -0.2) is 42.7 Å². The molecule has 1 aromatic heterocycles. The number of rotatable bonds is 3. The average Bonchev–Trinajstić information content (AvgIpc) is 2.39. The minimum absolute atomic E-state index is 0. The molecule has 1 atom stereocenters. The Balaban J connectivity index is 0.00000220. The van der Waals surface area contributed by atoms with E-state index in [1.54, 1.807) is 0 Å². The monoisotopic (exact) mass is 333 g/mol. The van der Waals surface area contributed by atoms with Crippen molar-refractivity contribution in [1.82, 2.24) is 14.6 Å². The van der Waals surface area contributed by atoms with Crippen molar-refractivity contribution in [1.29, 1.82) is 0 Å². The number of carbonyl (C=O) groups excluding carboxylic acids is 1. The van der Waals surface area contributed by atoms with Crippen LogP contribution in [0.4, 0.5) is 0 Å². The first-order valence-electron chi connectivity index (χ1n) is 6.28. The van der Waals surface area contributed by atoms with Crippen molar-refractivity contribution in [3.05, 3.63) is 23.5 Å². The molecule has 118 valence electrons. The minimum atomic E-state index is -3.59. The molecule has 6 nitrogen and oxygen atoms in total. The van der Waals surface area contributed by atoms with Crippen molar-refractivity contribution < 1.29 is 13.2 Å². The molecule has 21 heavy (non-hydrogen) atoms. The molecule has 1 aliphatic heterocycles. The molecule has 1 amide bonds. The van der Waals surface area contributed by atoms with E-state index in [-0.39, 0.29) is 36.0 Å². The van der Waals surface area contributed by atoms with Crippen molar-refractivity contribution in [2.45, 2.75) is 38.1 Å². The third-order valence-corrected chi connectivity index (χ3v) is 5.20. The van der Waals surface area contributed by atoms with Crippen molar-refractivity contribution in [2.24, 2.45) is 0 Å². The van der Waals surface area contributed by atoms with Crippen LogP contribution in [0.15, 0.2) is 23.2 Å². The van der Waals surface area contributed by atoms with Gasteiger partial charge in [-0.2, -0.15) is 4.31 Å². The summed E-state index contributed by atoms with van der Waals surface area (Å²) in [6.45, 7) is 2.15. The predicted octanol–water partition coefficient (Wildman–Crippen LogP) is 1.66. The van der Waals surface area contributed by atoms with Gasteiger partial charge in [0.1, 0.15) is 10.0 Å². The Morgan fingerprint density at radius 1 is 1.48 bits per heavy atom. The molecule has 1 saturated heterocycles. The Morgan fingerprint density at radius 3 is 2.76 bits per heavy atom. The van der Waals surface area contributed by atoms with Gasteiger partial charge >= 0.3 is 0 Å². The standard InChI is InChI=1S/C12H16ClN3O3S.CH4/c1-9(17)15-10-3-2-6-16(8-10)20(18,19)11-4-5-12(13)14-7-11;/h4-5,7,10H,2-3,6,8H2,1H3,(H,15,17);1H4/t10-;/m1./s1. The second kappa shape index (κ2) is 7.20. The minimum Gasteiger partial charge on any atom is -0.352 e. The smallest absolute Gasteiger partial charge is 0.244 e. The number of amides is 1. The summed E-state index contributed by atoms with van der Waals surface area (Å²) in [4.78, 5) is 15.0. The molecule has 1 aromatic rings. The Bertz CT molecular complexity index is 589. The van der Waals surface area contributed by atoms with Crippen LogP contribution in [0.3, 0.4) is 0 Å². The summed E-state index contributed by atoms with van der Waals surface area (Å²) in [6, 6.07) is 2.74. The first-order chi connectivity index (χ1) is 9.39. The van der Waals surface area contributed by atoms with Crippen LogP contribution in [-0.2, 0) is 14.8 Å². The van der Waals surface area contributed by atoms with Gasteiger partial charge in [0.05, 0.1) is 0 Å². The van der Waals surface area contributed by atoms with E-state index >= 15 is 0 Å². The average molecular weight is 334 g/mol. The van der Waals surface area contributed by atoms with Crippen LogP contribution >= 0.6 is 11.6 Å². The van der Waals surface area contributed by atoms with Gasteiger partial charge < -0.3 is 5.32 Å². The Morgan fingerprint density at radius 2 is 2.19 bits per heavy atom. The maximum atomic E-state index is 12.5. The normalized spacial score (nSPS) is 19.6. The Kier molecular flexibility index (Phi) is 6.12. The SMILES string of the molecule is C.CC(=O)N[C@@H]1CCCN(S(=O)(=O)c2ccc(Cl)nc2)C1. The predicted molar refractivity (Wildman–Crippen MR) is 81.6 cm³/mol. The molecule has 0 aliphatic carbocycles. The molecule has 1 N–H and O–H groups in total.